The summed E-state index contributed by atoms with van der Waals surface area (Å²) in [6.45, 7) is 6.78. The zero-order valence-electron chi connectivity index (χ0n) is 15.2. The summed E-state index contributed by atoms with van der Waals surface area (Å²) >= 11 is 7.62. The van der Waals surface area contributed by atoms with Crippen LogP contribution in [0.3, 0.4) is 0 Å². The first kappa shape index (κ1) is 17.7. The van der Waals surface area contributed by atoms with Crippen LogP contribution >= 0.6 is 23.6 Å². The largest absolute Gasteiger partial charge is 0.467 e. The summed E-state index contributed by atoms with van der Waals surface area (Å²) in [7, 11) is 0. The number of hydrogen-bond acceptors (Lipinski definition) is 5. The molecule has 3 aromatic rings. The highest BCUT2D eigenvalue weighted by molar-refractivity contribution is 7.71. The number of likely N-dealkylation sites (tertiary alicyclic amines) is 1. The second kappa shape index (κ2) is 7.50. The normalized spacial score (nSPS) is 18.2. The van der Waals surface area contributed by atoms with Gasteiger partial charge in [-0.3, -0.25) is 9.47 Å². The van der Waals surface area contributed by atoms with Crippen LogP contribution in [-0.2, 0) is 13.2 Å². The molecule has 0 radical (unpaired) electrons. The minimum Gasteiger partial charge on any atom is -0.467 e. The number of rotatable bonds is 6. The highest BCUT2D eigenvalue weighted by Crippen LogP contribution is 2.34. The Kier molecular flexibility index (Phi) is 5.11. The lowest BCUT2D eigenvalue weighted by molar-refractivity contribution is 0.191. The molecule has 26 heavy (non-hydrogen) atoms. The molecule has 0 aliphatic carbocycles. The summed E-state index contributed by atoms with van der Waals surface area (Å²) in [4.78, 5) is 3.93. The van der Waals surface area contributed by atoms with Crippen LogP contribution in [0.5, 0.6) is 0 Å². The molecular formula is C19H24N4OS2. The second-order valence-corrected chi connectivity index (χ2v) is 8.43. The Labute approximate surface area is 162 Å². The van der Waals surface area contributed by atoms with Gasteiger partial charge in [0.15, 0.2) is 4.77 Å². The molecule has 0 aromatic carbocycles. The molecule has 1 saturated heterocycles. The maximum Gasteiger partial charge on any atom is 0.199 e. The van der Waals surface area contributed by atoms with Gasteiger partial charge in [-0.05, 0) is 48.6 Å². The van der Waals surface area contributed by atoms with E-state index in [4.69, 9.17) is 21.7 Å². The molecule has 1 atom stereocenters. The number of aromatic nitrogens is 3. The predicted octanol–water partition coefficient (Wildman–Crippen LogP) is 5.03. The van der Waals surface area contributed by atoms with Crippen molar-refractivity contribution in [3.63, 3.8) is 0 Å². The topological polar surface area (TPSA) is 39.1 Å². The molecule has 5 nitrogen and oxygen atoms in total. The Morgan fingerprint density at radius 1 is 1.35 bits per heavy atom. The van der Waals surface area contributed by atoms with Crippen molar-refractivity contribution >= 4 is 23.6 Å². The van der Waals surface area contributed by atoms with Gasteiger partial charge in [0.1, 0.15) is 11.6 Å². The molecule has 1 aliphatic heterocycles. The van der Waals surface area contributed by atoms with Crippen LogP contribution in [0, 0.1) is 4.77 Å². The van der Waals surface area contributed by atoms with Crippen molar-refractivity contribution in [2.45, 2.75) is 51.9 Å². The van der Waals surface area contributed by atoms with Gasteiger partial charge in [0.25, 0.3) is 0 Å². The van der Waals surface area contributed by atoms with Crippen LogP contribution in [0.2, 0.25) is 0 Å². The number of thiophene rings is 1. The van der Waals surface area contributed by atoms with Crippen molar-refractivity contribution in [3.05, 3.63) is 57.1 Å². The summed E-state index contributed by atoms with van der Waals surface area (Å²) in [6.07, 6.45) is 4.13. The van der Waals surface area contributed by atoms with Gasteiger partial charge in [0, 0.05) is 23.4 Å². The van der Waals surface area contributed by atoms with Crippen molar-refractivity contribution in [2.75, 3.05) is 6.54 Å². The molecular weight excluding hydrogens is 364 g/mol. The standard InChI is InChI=1S/C19H24N4OS2/c1-14(2)18-20-23(19(25)22(18)12-15-6-4-10-24-15)13-21-9-3-7-16(21)17-8-5-11-26-17/h4-6,8,10-11,14,16H,3,7,9,12-13H2,1-2H3. The van der Waals surface area contributed by atoms with Gasteiger partial charge in [0.2, 0.25) is 0 Å². The molecule has 0 bridgehead atoms. The van der Waals surface area contributed by atoms with Gasteiger partial charge in [-0.2, -0.15) is 5.10 Å². The zero-order chi connectivity index (χ0) is 18.1. The molecule has 4 rings (SSSR count). The molecule has 3 aromatic heterocycles. The smallest absolute Gasteiger partial charge is 0.199 e. The Bertz CT molecular complexity index is 893. The molecule has 138 valence electrons. The lowest BCUT2D eigenvalue weighted by Gasteiger charge is -2.23. The molecule has 7 heteroatoms. The van der Waals surface area contributed by atoms with Crippen LogP contribution in [0.4, 0.5) is 0 Å². The van der Waals surface area contributed by atoms with E-state index in [1.54, 1.807) is 6.26 Å². The molecule has 0 amide bonds. The summed E-state index contributed by atoms with van der Waals surface area (Å²) in [5, 5.41) is 7.02. The molecule has 0 saturated carbocycles. The maximum atomic E-state index is 5.78. The van der Waals surface area contributed by atoms with Crippen molar-refractivity contribution in [1.82, 2.24) is 19.2 Å². The third-order valence-electron chi connectivity index (χ3n) is 4.91. The highest BCUT2D eigenvalue weighted by Gasteiger charge is 2.28. The summed E-state index contributed by atoms with van der Waals surface area (Å²) in [5.74, 6) is 2.22. The summed E-state index contributed by atoms with van der Waals surface area (Å²) in [6, 6.07) is 8.75. The van der Waals surface area contributed by atoms with Crippen LogP contribution in [-0.4, -0.2) is 25.8 Å². The molecule has 0 spiro atoms. The minimum atomic E-state index is 0.305. The van der Waals surface area contributed by atoms with Crippen LogP contribution < -0.4 is 0 Å². The Morgan fingerprint density at radius 3 is 2.92 bits per heavy atom. The van der Waals surface area contributed by atoms with E-state index in [1.807, 2.05) is 28.2 Å². The van der Waals surface area contributed by atoms with Crippen LogP contribution in [0.1, 0.15) is 55.1 Å². The van der Waals surface area contributed by atoms with E-state index in [9.17, 15) is 0 Å². The number of furan rings is 1. The lowest BCUT2D eigenvalue weighted by atomic mass is 10.2. The van der Waals surface area contributed by atoms with Crippen molar-refractivity contribution in [3.8, 4) is 0 Å². The Morgan fingerprint density at radius 2 is 2.23 bits per heavy atom. The van der Waals surface area contributed by atoms with Gasteiger partial charge in [-0.25, -0.2) is 4.68 Å². The SMILES string of the molecule is CC(C)c1nn(CN2CCCC2c2cccs2)c(=S)n1Cc1ccco1. The first-order chi connectivity index (χ1) is 12.6. The average molecular weight is 389 g/mol. The monoisotopic (exact) mass is 388 g/mol. The Balaban J connectivity index is 1.61. The fraction of sp³-hybridized carbons (Fsp3) is 0.474. The zero-order valence-corrected chi connectivity index (χ0v) is 16.8. The van der Waals surface area contributed by atoms with Gasteiger partial charge < -0.3 is 4.42 Å². The lowest BCUT2D eigenvalue weighted by Crippen LogP contribution is -2.26. The van der Waals surface area contributed by atoms with Gasteiger partial charge in [-0.1, -0.05) is 19.9 Å². The minimum absolute atomic E-state index is 0.305. The van der Waals surface area contributed by atoms with Gasteiger partial charge in [-0.15, -0.1) is 11.3 Å². The average Bonchev–Trinajstić information content (AvgIpc) is 3.39. The van der Waals surface area contributed by atoms with E-state index >= 15 is 0 Å². The molecule has 1 aliphatic rings. The number of nitrogens with zero attached hydrogens (tertiary/aromatic N) is 4. The first-order valence-corrected chi connectivity index (χ1v) is 10.4. The van der Waals surface area contributed by atoms with Gasteiger partial charge in [0.05, 0.1) is 19.5 Å². The van der Waals surface area contributed by atoms with Crippen molar-refractivity contribution < 1.29 is 4.42 Å². The van der Waals surface area contributed by atoms with E-state index in [1.165, 1.54) is 17.7 Å². The first-order valence-electron chi connectivity index (χ1n) is 9.11. The van der Waals surface area contributed by atoms with Gasteiger partial charge >= 0.3 is 0 Å². The summed E-state index contributed by atoms with van der Waals surface area (Å²) < 4.78 is 10.4. The van der Waals surface area contributed by atoms with E-state index in [0.29, 0.717) is 18.5 Å². The van der Waals surface area contributed by atoms with E-state index in [-0.39, 0.29) is 0 Å². The van der Waals surface area contributed by atoms with E-state index in [2.05, 4.69) is 40.8 Å². The van der Waals surface area contributed by atoms with E-state index < -0.39 is 0 Å². The highest BCUT2D eigenvalue weighted by atomic mass is 32.1. The number of hydrogen-bond donors (Lipinski definition) is 0. The fourth-order valence-electron chi connectivity index (χ4n) is 3.65. The quantitative estimate of drug-likeness (QED) is 0.555. The third kappa shape index (κ3) is 3.43. The predicted molar refractivity (Wildman–Crippen MR) is 106 cm³/mol. The van der Waals surface area contributed by atoms with E-state index in [0.717, 1.165) is 29.6 Å². The molecule has 0 N–H and O–H groups in total. The Hall–Kier alpha value is -1.70. The summed E-state index contributed by atoms with van der Waals surface area (Å²) in [5.41, 5.74) is 0. The third-order valence-corrected chi connectivity index (χ3v) is 6.32. The molecule has 4 heterocycles. The molecule has 1 fully saturated rings. The fourth-order valence-corrected chi connectivity index (χ4v) is 4.81. The molecule has 1 unspecified atom stereocenters. The maximum absolute atomic E-state index is 5.78. The van der Waals surface area contributed by atoms with Crippen molar-refractivity contribution in [1.29, 1.82) is 0 Å². The second-order valence-electron chi connectivity index (χ2n) is 7.09. The van der Waals surface area contributed by atoms with Crippen LogP contribution in [0.25, 0.3) is 0 Å². The van der Waals surface area contributed by atoms with Crippen LogP contribution in [0.15, 0.2) is 40.3 Å². The van der Waals surface area contributed by atoms with Crippen molar-refractivity contribution in [2.24, 2.45) is 0 Å².